The van der Waals surface area contributed by atoms with Crippen molar-refractivity contribution in [2.24, 2.45) is 0 Å². The molecule has 3 rings (SSSR count). The van der Waals surface area contributed by atoms with E-state index in [4.69, 9.17) is 4.74 Å². The molecule has 0 unspecified atom stereocenters. The van der Waals surface area contributed by atoms with E-state index in [1.54, 1.807) is 6.07 Å². The number of carbonyl (C=O) groups is 2. The first-order chi connectivity index (χ1) is 13.0. The van der Waals surface area contributed by atoms with E-state index in [0.717, 1.165) is 20.9 Å². The number of hydrogen-bond donors (Lipinski definition) is 3. The molecule has 0 radical (unpaired) electrons. The van der Waals surface area contributed by atoms with Crippen LogP contribution in [0, 0.1) is 0 Å². The third kappa shape index (κ3) is 4.56. The Morgan fingerprint density at radius 3 is 2.63 bits per heavy atom. The van der Waals surface area contributed by atoms with Gasteiger partial charge in [0.1, 0.15) is 5.69 Å². The lowest BCUT2D eigenvalue weighted by molar-refractivity contribution is -0.145. The van der Waals surface area contributed by atoms with Gasteiger partial charge in [-0.3, -0.25) is 4.79 Å². The lowest BCUT2D eigenvalue weighted by Gasteiger charge is -2.21. The zero-order valence-corrected chi connectivity index (χ0v) is 16.2. The number of H-pyrrole nitrogens is 1. The number of methoxy groups -OCH3 is 1. The van der Waals surface area contributed by atoms with E-state index in [0.29, 0.717) is 5.69 Å². The molecule has 0 saturated heterocycles. The molecule has 2 aromatic carbocycles. The highest BCUT2D eigenvalue weighted by atomic mass is 79.9. The van der Waals surface area contributed by atoms with Gasteiger partial charge in [-0.05, 0) is 29.8 Å². The van der Waals surface area contributed by atoms with Crippen LogP contribution < -0.4 is 5.32 Å². The van der Waals surface area contributed by atoms with Gasteiger partial charge in [-0.1, -0.05) is 46.3 Å². The molecule has 7 heteroatoms. The van der Waals surface area contributed by atoms with E-state index >= 15 is 0 Å². The van der Waals surface area contributed by atoms with Crippen molar-refractivity contribution in [3.8, 4) is 0 Å². The molecule has 0 spiro atoms. The molecule has 2 atom stereocenters. The second kappa shape index (κ2) is 8.37. The third-order valence-electron chi connectivity index (χ3n) is 4.24. The first kappa shape index (κ1) is 19.1. The van der Waals surface area contributed by atoms with E-state index in [2.05, 4.69) is 26.2 Å². The van der Waals surface area contributed by atoms with Gasteiger partial charge in [0, 0.05) is 21.8 Å². The Labute approximate surface area is 164 Å². The number of aliphatic hydroxyl groups is 1. The summed E-state index contributed by atoms with van der Waals surface area (Å²) in [5.74, 6) is -1.20. The second-order valence-electron chi connectivity index (χ2n) is 6.15. The molecule has 3 N–H and O–H groups in total. The first-order valence-corrected chi connectivity index (χ1v) is 9.16. The average molecular weight is 431 g/mol. The Kier molecular flexibility index (Phi) is 5.93. The van der Waals surface area contributed by atoms with Crippen molar-refractivity contribution in [2.45, 2.75) is 18.6 Å². The topological polar surface area (TPSA) is 91.4 Å². The summed E-state index contributed by atoms with van der Waals surface area (Å²) >= 11 is 3.39. The lowest BCUT2D eigenvalue weighted by atomic mass is 10.0. The van der Waals surface area contributed by atoms with Crippen LogP contribution in [0.4, 0.5) is 0 Å². The summed E-state index contributed by atoms with van der Waals surface area (Å²) in [7, 11) is 1.22. The maximum atomic E-state index is 12.6. The second-order valence-corrected chi connectivity index (χ2v) is 7.06. The minimum absolute atomic E-state index is 0.209. The first-order valence-electron chi connectivity index (χ1n) is 8.37. The summed E-state index contributed by atoms with van der Waals surface area (Å²) < 4.78 is 5.65. The molecule has 0 bridgehead atoms. The number of halogens is 1. The van der Waals surface area contributed by atoms with Crippen molar-refractivity contribution >= 4 is 38.7 Å². The molecule has 27 heavy (non-hydrogen) atoms. The zero-order chi connectivity index (χ0) is 19.4. The number of aromatic nitrogens is 1. The maximum Gasteiger partial charge on any atom is 0.331 e. The summed E-state index contributed by atoms with van der Waals surface area (Å²) in [5, 5.41) is 13.9. The van der Waals surface area contributed by atoms with Gasteiger partial charge in [-0.2, -0.15) is 0 Å². The molecule has 0 fully saturated rings. The normalized spacial score (nSPS) is 13.1. The minimum atomic E-state index is -1.18. The van der Waals surface area contributed by atoms with E-state index in [9.17, 15) is 14.7 Å². The lowest BCUT2D eigenvalue weighted by Crippen LogP contribution is -2.50. The van der Waals surface area contributed by atoms with Gasteiger partial charge in [-0.25, -0.2) is 4.79 Å². The summed E-state index contributed by atoms with van der Waals surface area (Å²) in [6.07, 6.45) is -0.914. The predicted molar refractivity (Wildman–Crippen MR) is 105 cm³/mol. The van der Waals surface area contributed by atoms with E-state index in [1.807, 2.05) is 48.5 Å². The Morgan fingerprint density at radius 2 is 1.93 bits per heavy atom. The number of esters is 1. The minimum Gasteiger partial charge on any atom is -0.467 e. The SMILES string of the molecule is COC(=O)[C@H](NC(=O)c1cc2cc(Br)ccc2[nH]1)[C@@H](O)Cc1ccccc1. The predicted octanol–water partition coefficient (Wildman–Crippen LogP) is 2.81. The molecule has 0 aliphatic heterocycles. The molecule has 0 saturated carbocycles. The highest BCUT2D eigenvalue weighted by Crippen LogP contribution is 2.20. The summed E-state index contributed by atoms with van der Waals surface area (Å²) in [5.41, 5.74) is 1.94. The number of ether oxygens (including phenoxy) is 1. The number of rotatable bonds is 6. The molecule has 0 aliphatic carbocycles. The van der Waals surface area contributed by atoms with Gasteiger partial charge in [0.25, 0.3) is 5.91 Å². The van der Waals surface area contributed by atoms with Crippen LogP contribution in [-0.4, -0.2) is 41.2 Å². The monoisotopic (exact) mass is 430 g/mol. The quantitative estimate of drug-likeness (QED) is 0.524. The van der Waals surface area contributed by atoms with Gasteiger partial charge in [-0.15, -0.1) is 0 Å². The van der Waals surface area contributed by atoms with E-state index < -0.39 is 24.0 Å². The van der Waals surface area contributed by atoms with Crippen LogP contribution in [-0.2, 0) is 16.0 Å². The molecule has 1 aromatic heterocycles. The molecule has 0 aliphatic rings. The van der Waals surface area contributed by atoms with Crippen molar-refractivity contribution in [2.75, 3.05) is 7.11 Å². The van der Waals surface area contributed by atoms with Crippen LogP contribution in [0.15, 0.2) is 59.1 Å². The van der Waals surface area contributed by atoms with Gasteiger partial charge in [0.15, 0.2) is 6.04 Å². The Balaban J connectivity index is 1.78. The smallest absolute Gasteiger partial charge is 0.331 e. The van der Waals surface area contributed by atoms with Gasteiger partial charge in [0.2, 0.25) is 0 Å². The number of hydrogen-bond acceptors (Lipinski definition) is 4. The van der Waals surface area contributed by atoms with Crippen LogP contribution in [0.2, 0.25) is 0 Å². The third-order valence-corrected chi connectivity index (χ3v) is 4.73. The van der Waals surface area contributed by atoms with E-state index in [-0.39, 0.29) is 6.42 Å². The Hall–Kier alpha value is -2.64. The molecule has 1 heterocycles. The molecular weight excluding hydrogens is 412 g/mol. The number of benzene rings is 2. The molecule has 140 valence electrons. The standard InChI is InChI=1S/C20H19BrN2O4/c1-27-20(26)18(17(24)9-12-5-3-2-4-6-12)23-19(25)16-11-13-10-14(21)7-8-15(13)22-16/h2-8,10-11,17-18,22,24H,9H2,1H3,(H,23,25)/t17-,18+/m0/s1. The highest BCUT2D eigenvalue weighted by molar-refractivity contribution is 9.10. The van der Waals surface area contributed by atoms with Crippen LogP contribution in [0.3, 0.4) is 0 Å². The number of carbonyl (C=O) groups excluding carboxylic acids is 2. The summed E-state index contributed by atoms with van der Waals surface area (Å²) in [6.45, 7) is 0. The Bertz CT molecular complexity index is 955. The number of aromatic amines is 1. The van der Waals surface area contributed by atoms with Gasteiger partial charge >= 0.3 is 5.97 Å². The van der Waals surface area contributed by atoms with Crippen molar-refractivity contribution < 1.29 is 19.4 Å². The van der Waals surface area contributed by atoms with Crippen LogP contribution in [0.5, 0.6) is 0 Å². The fraction of sp³-hybridized carbons (Fsp3) is 0.200. The molecule has 6 nitrogen and oxygen atoms in total. The van der Waals surface area contributed by atoms with Crippen LogP contribution in [0.1, 0.15) is 16.1 Å². The van der Waals surface area contributed by atoms with Crippen molar-refractivity contribution in [3.05, 3.63) is 70.3 Å². The van der Waals surface area contributed by atoms with Crippen molar-refractivity contribution in [1.82, 2.24) is 10.3 Å². The van der Waals surface area contributed by atoms with Gasteiger partial charge in [0.05, 0.1) is 13.2 Å². The number of fused-ring (bicyclic) bond motifs is 1. The average Bonchev–Trinajstić information content (AvgIpc) is 3.09. The van der Waals surface area contributed by atoms with Crippen molar-refractivity contribution in [3.63, 3.8) is 0 Å². The largest absolute Gasteiger partial charge is 0.467 e. The molecule has 3 aromatic rings. The summed E-state index contributed by atoms with van der Waals surface area (Å²) in [6, 6.07) is 15.3. The van der Waals surface area contributed by atoms with Crippen molar-refractivity contribution in [1.29, 1.82) is 0 Å². The molecule has 1 amide bonds. The van der Waals surface area contributed by atoms with Crippen LogP contribution >= 0.6 is 15.9 Å². The number of aliphatic hydroxyl groups excluding tert-OH is 1. The zero-order valence-electron chi connectivity index (χ0n) is 14.6. The number of nitrogens with one attached hydrogen (secondary N) is 2. The Morgan fingerprint density at radius 1 is 1.19 bits per heavy atom. The maximum absolute atomic E-state index is 12.6. The fourth-order valence-electron chi connectivity index (χ4n) is 2.86. The highest BCUT2D eigenvalue weighted by Gasteiger charge is 2.30. The van der Waals surface area contributed by atoms with E-state index in [1.165, 1.54) is 7.11 Å². The number of amides is 1. The fourth-order valence-corrected chi connectivity index (χ4v) is 3.24. The van der Waals surface area contributed by atoms with Gasteiger partial charge < -0.3 is 20.1 Å². The van der Waals surface area contributed by atoms with Crippen LogP contribution in [0.25, 0.3) is 10.9 Å². The molecular formula is C20H19BrN2O4. The summed E-state index contributed by atoms with van der Waals surface area (Å²) in [4.78, 5) is 27.7.